The number of rotatable bonds is 6. The standard InChI is InChI=1S/C21H23N3O4/c1-5-27-18-10-15-19(24-14-7-8-17(25)12(3)9-14)16(21(26)28-6-2)11-22-20(15)23-13(18)4/h7-11,25H,5-6H2,1-4H3,(H,22,23,24). The van der Waals surface area contributed by atoms with Crippen molar-refractivity contribution in [3.8, 4) is 11.5 Å². The molecule has 2 aromatic heterocycles. The minimum absolute atomic E-state index is 0.201. The molecule has 1 aromatic carbocycles. The van der Waals surface area contributed by atoms with Crippen LogP contribution in [0.25, 0.3) is 11.0 Å². The predicted molar refractivity (Wildman–Crippen MR) is 108 cm³/mol. The van der Waals surface area contributed by atoms with Crippen LogP contribution in [0.15, 0.2) is 30.5 Å². The molecular formula is C21H23N3O4. The average molecular weight is 381 g/mol. The summed E-state index contributed by atoms with van der Waals surface area (Å²) in [5.74, 6) is 0.350. The molecule has 3 aromatic rings. The van der Waals surface area contributed by atoms with Crippen molar-refractivity contribution in [2.24, 2.45) is 0 Å². The topological polar surface area (TPSA) is 93.6 Å². The van der Waals surface area contributed by atoms with Crippen molar-refractivity contribution in [1.29, 1.82) is 0 Å². The summed E-state index contributed by atoms with van der Waals surface area (Å²) in [6, 6.07) is 6.95. The molecule has 0 amide bonds. The van der Waals surface area contributed by atoms with Gasteiger partial charge in [-0.15, -0.1) is 0 Å². The van der Waals surface area contributed by atoms with Gasteiger partial charge < -0.3 is 19.9 Å². The van der Waals surface area contributed by atoms with Gasteiger partial charge in [0.05, 0.1) is 24.6 Å². The lowest BCUT2D eigenvalue weighted by atomic mass is 10.1. The SMILES string of the molecule is CCOC(=O)c1cnc2nc(C)c(OCC)cc2c1Nc1ccc(O)c(C)c1. The Morgan fingerprint density at radius 3 is 2.64 bits per heavy atom. The van der Waals surface area contributed by atoms with E-state index in [1.807, 2.05) is 19.9 Å². The molecule has 28 heavy (non-hydrogen) atoms. The summed E-state index contributed by atoms with van der Waals surface area (Å²) in [5.41, 5.74) is 3.47. The number of aryl methyl sites for hydroxylation is 2. The number of ether oxygens (including phenoxy) is 2. The number of phenols is 1. The number of carbonyl (C=O) groups is 1. The second-order valence-corrected chi connectivity index (χ2v) is 6.27. The summed E-state index contributed by atoms with van der Waals surface area (Å²) in [4.78, 5) is 21.3. The summed E-state index contributed by atoms with van der Waals surface area (Å²) in [5, 5.41) is 13.7. The van der Waals surface area contributed by atoms with Gasteiger partial charge in [0.25, 0.3) is 0 Å². The van der Waals surface area contributed by atoms with Gasteiger partial charge in [0.2, 0.25) is 0 Å². The third-order valence-corrected chi connectivity index (χ3v) is 4.26. The number of pyridine rings is 2. The van der Waals surface area contributed by atoms with Gasteiger partial charge >= 0.3 is 5.97 Å². The maximum absolute atomic E-state index is 12.5. The minimum Gasteiger partial charge on any atom is -0.508 e. The van der Waals surface area contributed by atoms with Crippen molar-refractivity contribution in [3.63, 3.8) is 0 Å². The Morgan fingerprint density at radius 1 is 1.18 bits per heavy atom. The van der Waals surface area contributed by atoms with Gasteiger partial charge in [-0.3, -0.25) is 0 Å². The van der Waals surface area contributed by atoms with Gasteiger partial charge in [0, 0.05) is 17.3 Å². The van der Waals surface area contributed by atoms with Crippen LogP contribution in [0.5, 0.6) is 11.5 Å². The lowest BCUT2D eigenvalue weighted by Gasteiger charge is -2.16. The van der Waals surface area contributed by atoms with Crippen molar-refractivity contribution >= 4 is 28.4 Å². The molecule has 0 unspecified atom stereocenters. The number of benzene rings is 1. The van der Waals surface area contributed by atoms with Crippen molar-refractivity contribution < 1.29 is 19.4 Å². The lowest BCUT2D eigenvalue weighted by molar-refractivity contribution is 0.0527. The largest absolute Gasteiger partial charge is 0.508 e. The average Bonchev–Trinajstić information content (AvgIpc) is 2.66. The Balaban J connectivity index is 2.20. The Labute approximate surface area is 163 Å². The maximum atomic E-state index is 12.5. The van der Waals surface area contributed by atoms with E-state index in [-0.39, 0.29) is 12.4 Å². The third-order valence-electron chi connectivity index (χ3n) is 4.26. The van der Waals surface area contributed by atoms with Crippen molar-refractivity contribution in [3.05, 3.63) is 47.3 Å². The Morgan fingerprint density at radius 2 is 1.96 bits per heavy atom. The number of hydrogen-bond donors (Lipinski definition) is 2. The highest BCUT2D eigenvalue weighted by Gasteiger charge is 2.19. The molecular weight excluding hydrogens is 358 g/mol. The number of aromatic nitrogens is 2. The van der Waals surface area contributed by atoms with E-state index in [4.69, 9.17) is 9.47 Å². The molecule has 0 bridgehead atoms. The number of hydrogen-bond acceptors (Lipinski definition) is 7. The van der Waals surface area contributed by atoms with Gasteiger partial charge in [0.15, 0.2) is 5.65 Å². The first-order chi connectivity index (χ1) is 13.4. The molecule has 0 spiro atoms. The fourth-order valence-electron chi connectivity index (χ4n) is 2.87. The first-order valence-corrected chi connectivity index (χ1v) is 9.11. The number of carbonyl (C=O) groups excluding carboxylic acids is 1. The molecule has 0 saturated heterocycles. The zero-order valence-electron chi connectivity index (χ0n) is 16.4. The molecule has 0 aliphatic rings. The molecule has 3 rings (SSSR count). The van der Waals surface area contributed by atoms with Crippen LogP contribution in [0.1, 0.15) is 35.5 Å². The van der Waals surface area contributed by atoms with E-state index in [0.717, 1.165) is 5.69 Å². The third kappa shape index (κ3) is 3.83. The van der Waals surface area contributed by atoms with Gasteiger partial charge in [-0.1, -0.05) is 0 Å². The van der Waals surface area contributed by atoms with E-state index in [9.17, 15) is 9.90 Å². The van der Waals surface area contributed by atoms with Gasteiger partial charge in [0.1, 0.15) is 17.1 Å². The molecule has 0 fully saturated rings. The van der Waals surface area contributed by atoms with Crippen LogP contribution < -0.4 is 10.1 Å². The Hall–Kier alpha value is -3.35. The molecule has 2 heterocycles. The van der Waals surface area contributed by atoms with Gasteiger partial charge in [-0.2, -0.15) is 0 Å². The Bertz CT molecular complexity index is 1030. The van der Waals surface area contributed by atoms with Crippen molar-refractivity contribution in [1.82, 2.24) is 9.97 Å². The fraction of sp³-hybridized carbons (Fsp3) is 0.286. The molecule has 146 valence electrons. The van der Waals surface area contributed by atoms with Crippen LogP contribution in [0.4, 0.5) is 11.4 Å². The van der Waals surface area contributed by atoms with E-state index in [0.29, 0.717) is 45.9 Å². The van der Waals surface area contributed by atoms with Crippen molar-refractivity contribution in [2.75, 3.05) is 18.5 Å². The van der Waals surface area contributed by atoms with E-state index in [2.05, 4.69) is 15.3 Å². The van der Waals surface area contributed by atoms with Crippen LogP contribution in [0, 0.1) is 13.8 Å². The van der Waals surface area contributed by atoms with Crippen molar-refractivity contribution in [2.45, 2.75) is 27.7 Å². The number of esters is 1. The second-order valence-electron chi connectivity index (χ2n) is 6.27. The van der Waals surface area contributed by atoms with E-state index >= 15 is 0 Å². The highest BCUT2D eigenvalue weighted by atomic mass is 16.5. The number of aromatic hydroxyl groups is 1. The number of phenolic OH excluding ortho intramolecular Hbond substituents is 1. The highest BCUT2D eigenvalue weighted by molar-refractivity contribution is 6.05. The Kier molecular flexibility index (Phi) is 5.63. The summed E-state index contributed by atoms with van der Waals surface area (Å²) in [6.07, 6.45) is 1.46. The lowest BCUT2D eigenvalue weighted by Crippen LogP contribution is -2.10. The highest BCUT2D eigenvalue weighted by Crippen LogP contribution is 2.33. The fourth-order valence-corrected chi connectivity index (χ4v) is 2.87. The van der Waals surface area contributed by atoms with Crippen LogP contribution in [0.2, 0.25) is 0 Å². The van der Waals surface area contributed by atoms with E-state index < -0.39 is 5.97 Å². The molecule has 7 heteroatoms. The molecule has 0 aliphatic carbocycles. The van der Waals surface area contributed by atoms with Crippen LogP contribution in [-0.4, -0.2) is 34.3 Å². The number of nitrogens with zero attached hydrogens (tertiary/aromatic N) is 2. The number of fused-ring (bicyclic) bond motifs is 1. The van der Waals surface area contributed by atoms with Gasteiger partial charge in [-0.05, 0) is 57.5 Å². The molecule has 2 N–H and O–H groups in total. The number of anilines is 2. The first kappa shape index (κ1) is 19.4. The monoisotopic (exact) mass is 381 g/mol. The normalized spacial score (nSPS) is 10.7. The molecule has 0 atom stereocenters. The quantitative estimate of drug-likeness (QED) is 0.486. The van der Waals surface area contributed by atoms with Crippen LogP contribution in [-0.2, 0) is 4.74 Å². The van der Waals surface area contributed by atoms with Crippen LogP contribution in [0.3, 0.4) is 0 Å². The molecule has 0 radical (unpaired) electrons. The molecule has 0 saturated carbocycles. The summed E-state index contributed by atoms with van der Waals surface area (Å²) < 4.78 is 10.9. The maximum Gasteiger partial charge on any atom is 0.341 e. The number of nitrogens with one attached hydrogen (secondary N) is 1. The molecule has 0 aliphatic heterocycles. The predicted octanol–water partition coefficient (Wildman–Crippen LogP) is 4.27. The van der Waals surface area contributed by atoms with E-state index in [1.54, 1.807) is 32.0 Å². The first-order valence-electron chi connectivity index (χ1n) is 9.11. The zero-order valence-corrected chi connectivity index (χ0v) is 16.4. The summed E-state index contributed by atoms with van der Waals surface area (Å²) in [7, 11) is 0. The summed E-state index contributed by atoms with van der Waals surface area (Å²) >= 11 is 0. The van der Waals surface area contributed by atoms with E-state index in [1.165, 1.54) is 6.20 Å². The summed E-state index contributed by atoms with van der Waals surface area (Å²) in [6.45, 7) is 8.05. The van der Waals surface area contributed by atoms with Gasteiger partial charge in [-0.25, -0.2) is 14.8 Å². The second kappa shape index (κ2) is 8.12. The minimum atomic E-state index is -0.478. The smallest absolute Gasteiger partial charge is 0.341 e. The van der Waals surface area contributed by atoms with Crippen LogP contribution >= 0.6 is 0 Å². The zero-order chi connectivity index (χ0) is 20.3. The molecule has 7 nitrogen and oxygen atoms in total.